The number of aromatic nitrogens is 1. The summed E-state index contributed by atoms with van der Waals surface area (Å²) in [7, 11) is 1.54. The summed E-state index contributed by atoms with van der Waals surface area (Å²) in [5, 5.41) is 3.25. The average Bonchev–Trinajstić information content (AvgIpc) is 2.87. The highest BCUT2D eigenvalue weighted by atomic mass is 16.5. The third-order valence-corrected chi connectivity index (χ3v) is 8.32. The number of hydrogen-bond donors (Lipinski definition) is 1. The Labute approximate surface area is 215 Å². The fraction of sp³-hybridized carbons (Fsp3) is 0.714. The van der Waals surface area contributed by atoms with Gasteiger partial charge in [0.2, 0.25) is 17.7 Å². The van der Waals surface area contributed by atoms with Gasteiger partial charge in [-0.25, -0.2) is 4.98 Å². The first kappa shape index (κ1) is 26.4. The second-order valence-electron chi connectivity index (χ2n) is 11.5. The molecule has 198 valence electrons. The zero-order valence-electron chi connectivity index (χ0n) is 22.2. The minimum absolute atomic E-state index is 0.0115. The summed E-state index contributed by atoms with van der Waals surface area (Å²) in [4.78, 5) is 47.8. The van der Waals surface area contributed by atoms with Crippen LogP contribution in [0.1, 0.15) is 76.1 Å². The normalized spacial score (nSPS) is 30.0. The predicted octanol–water partition coefficient (Wildman–Crippen LogP) is 3.51. The van der Waals surface area contributed by atoms with Gasteiger partial charge in [0.1, 0.15) is 0 Å². The van der Waals surface area contributed by atoms with Crippen molar-refractivity contribution in [2.45, 2.75) is 77.8 Å². The molecule has 36 heavy (non-hydrogen) atoms. The first-order chi connectivity index (χ1) is 17.2. The number of piperidine rings is 2. The van der Waals surface area contributed by atoms with E-state index in [1.807, 2.05) is 4.90 Å². The molecule has 3 aliphatic rings. The van der Waals surface area contributed by atoms with Crippen molar-refractivity contribution in [3.63, 3.8) is 0 Å². The number of rotatable bonds is 3. The molecule has 3 saturated heterocycles. The molecule has 3 amide bonds. The Bertz CT molecular complexity index is 951. The molecule has 0 spiro atoms. The highest BCUT2D eigenvalue weighted by molar-refractivity contribution is 5.94. The highest BCUT2D eigenvalue weighted by Gasteiger charge is 2.43. The first-order valence-corrected chi connectivity index (χ1v) is 13.6. The summed E-state index contributed by atoms with van der Waals surface area (Å²) in [6.45, 7) is 8.43. The van der Waals surface area contributed by atoms with Gasteiger partial charge in [-0.3, -0.25) is 14.4 Å². The standard InChI is InChI=1S/C28H42N4O4/c1-18(2)23-9-8-19(3)12-27(34)32-16-20-13-22(24(32)6-5-7-25(33)30-23)17-31(15-20)28(35)21-10-11-29-26(14-21)36-4/h10-11,14,18-20,22-24H,5-9,12-13,15-17H2,1-4H3,(H,30,33)/t19-,20+,22-,23+,24+/m1/s1. The van der Waals surface area contributed by atoms with Gasteiger partial charge in [0.05, 0.1) is 7.11 Å². The van der Waals surface area contributed by atoms with Gasteiger partial charge < -0.3 is 19.9 Å². The Morgan fingerprint density at radius 2 is 1.97 bits per heavy atom. The van der Waals surface area contributed by atoms with Crippen LogP contribution in [0.15, 0.2) is 18.3 Å². The zero-order valence-corrected chi connectivity index (χ0v) is 22.2. The van der Waals surface area contributed by atoms with Gasteiger partial charge in [-0.15, -0.1) is 0 Å². The van der Waals surface area contributed by atoms with E-state index in [9.17, 15) is 14.4 Å². The third-order valence-electron chi connectivity index (χ3n) is 8.32. The van der Waals surface area contributed by atoms with Crippen LogP contribution in [-0.2, 0) is 9.59 Å². The molecule has 2 bridgehead atoms. The minimum atomic E-state index is -0.0115. The molecular formula is C28H42N4O4. The lowest BCUT2D eigenvalue weighted by Gasteiger charge is -2.51. The van der Waals surface area contributed by atoms with Gasteiger partial charge in [-0.2, -0.15) is 0 Å². The molecule has 5 atom stereocenters. The van der Waals surface area contributed by atoms with Gasteiger partial charge in [-0.1, -0.05) is 20.8 Å². The Morgan fingerprint density at radius 1 is 1.17 bits per heavy atom. The number of hydrogen-bond acceptors (Lipinski definition) is 5. The number of carbonyl (C=O) groups excluding carboxylic acids is 3. The van der Waals surface area contributed by atoms with Crippen molar-refractivity contribution in [2.75, 3.05) is 26.7 Å². The molecular weight excluding hydrogens is 456 g/mol. The van der Waals surface area contributed by atoms with Gasteiger partial charge in [0, 0.05) is 62.4 Å². The molecule has 4 heterocycles. The Morgan fingerprint density at radius 3 is 2.72 bits per heavy atom. The van der Waals surface area contributed by atoms with Crippen molar-refractivity contribution in [1.82, 2.24) is 20.1 Å². The summed E-state index contributed by atoms with van der Waals surface area (Å²) in [6, 6.07) is 3.64. The Balaban J connectivity index is 1.50. The molecule has 0 unspecified atom stereocenters. The van der Waals surface area contributed by atoms with Crippen molar-refractivity contribution < 1.29 is 19.1 Å². The number of likely N-dealkylation sites (tertiary alicyclic amines) is 1. The van der Waals surface area contributed by atoms with E-state index < -0.39 is 0 Å². The molecule has 0 aromatic carbocycles. The van der Waals surface area contributed by atoms with E-state index in [2.05, 4.69) is 36.0 Å². The third kappa shape index (κ3) is 6.19. The summed E-state index contributed by atoms with van der Waals surface area (Å²) < 4.78 is 5.20. The van der Waals surface area contributed by atoms with E-state index in [4.69, 9.17) is 4.74 Å². The summed E-state index contributed by atoms with van der Waals surface area (Å²) in [5.41, 5.74) is 0.579. The molecule has 4 rings (SSSR count). The van der Waals surface area contributed by atoms with E-state index in [1.165, 1.54) is 0 Å². The van der Waals surface area contributed by atoms with E-state index in [1.54, 1.807) is 25.4 Å². The van der Waals surface area contributed by atoms with Gasteiger partial charge in [0.25, 0.3) is 5.91 Å². The van der Waals surface area contributed by atoms with Crippen LogP contribution >= 0.6 is 0 Å². The summed E-state index contributed by atoms with van der Waals surface area (Å²) >= 11 is 0. The van der Waals surface area contributed by atoms with Crippen molar-refractivity contribution >= 4 is 17.7 Å². The number of carbonyl (C=O) groups is 3. The van der Waals surface area contributed by atoms with Gasteiger partial charge in [-0.05, 0) is 61.8 Å². The lowest BCUT2D eigenvalue weighted by atomic mass is 9.77. The van der Waals surface area contributed by atoms with Crippen LogP contribution in [0.3, 0.4) is 0 Å². The Kier molecular flexibility index (Phi) is 8.52. The summed E-state index contributed by atoms with van der Waals surface area (Å²) in [5.74, 6) is 1.91. The van der Waals surface area contributed by atoms with Crippen LogP contribution in [-0.4, -0.2) is 71.3 Å². The number of pyridine rings is 1. The first-order valence-electron chi connectivity index (χ1n) is 13.6. The van der Waals surface area contributed by atoms with Crippen LogP contribution < -0.4 is 10.1 Å². The minimum Gasteiger partial charge on any atom is -0.481 e. The maximum atomic E-state index is 13.5. The quantitative estimate of drug-likeness (QED) is 0.689. The molecule has 8 heteroatoms. The van der Waals surface area contributed by atoms with Crippen LogP contribution in [0.2, 0.25) is 0 Å². The largest absolute Gasteiger partial charge is 0.481 e. The maximum absolute atomic E-state index is 13.5. The molecule has 3 fully saturated rings. The molecule has 1 aromatic rings. The molecule has 1 N–H and O–H groups in total. The summed E-state index contributed by atoms with van der Waals surface area (Å²) in [6.07, 6.45) is 7.03. The Hall–Kier alpha value is -2.64. The van der Waals surface area contributed by atoms with Crippen molar-refractivity contribution in [3.05, 3.63) is 23.9 Å². The number of fused-ring (bicyclic) bond motifs is 4. The topological polar surface area (TPSA) is 91.8 Å². The number of nitrogens with zero attached hydrogens (tertiary/aromatic N) is 3. The van der Waals surface area contributed by atoms with E-state index in [-0.39, 0.29) is 47.6 Å². The molecule has 0 saturated carbocycles. The van der Waals surface area contributed by atoms with Gasteiger partial charge >= 0.3 is 0 Å². The van der Waals surface area contributed by atoms with Crippen LogP contribution in [0.25, 0.3) is 0 Å². The fourth-order valence-electron chi connectivity index (χ4n) is 6.31. The number of ether oxygens (including phenoxy) is 1. The molecule has 3 aliphatic heterocycles. The molecule has 1 aromatic heterocycles. The van der Waals surface area contributed by atoms with Crippen molar-refractivity contribution in [1.29, 1.82) is 0 Å². The smallest absolute Gasteiger partial charge is 0.254 e. The van der Waals surface area contributed by atoms with E-state index in [0.717, 1.165) is 32.1 Å². The molecule has 0 aliphatic carbocycles. The zero-order chi connectivity index (χ0) is 25.8. The predicted molar refractivity (Wildman–Crippen MR) is 137 cm³/mol. The monoisotopic (exact) mass is 498 g/mol. The van der Waals surface area contributed by atoms with Crippen LogP contribution in [0.4, 0.5) is 0 Å². The maximum Gasteiger partial charge on any atom is 0.254 e. The second kappa shape index (κ2) is 11.6. The average molecular weight is 499 g/mol. The van der Waals surface area contributed by atoms with E-state index >= 15 is 0 Å². The second-order valence-corrected chi connectivity index (χ2v) is 11.5. The van der Waals surface area contributed by atoms with E-state index in [0.29, 0.717) is 49.8 Å². The highest BCUT2D eigenvalue weighted by Crippen LogP contribution is 2.37. The molecule has 8 nitrogen and oxygen atoms in total. The lowest BCUT2D eigenvalue weighted by Crippen LogP contribution is -2.60. The number of nitrogens with one attached hydrogen (secondary N) is 1. The van der Waals surface area contributed by atoms with Crippen LogP contribution in [0, 0.1) is 23.7 Å². The lowest BCUT2D eigenvalue weighted by molar-refractivity contribution is -0.141. The van der Waals surface area contributed by atoms with Crippen LogP contribution in [0.5, 0.6) is 5.88 Å². The van der Waals surface area contributed by atoms with Gasteiger partial charge in [0.15, 0.2) is 0 Å². The molecule has 0 radical (unpaired) electrons. The number of methoxy groups -OCH3 is 1. The van der Waals surface area contributed by atoms with Crippen molar-refractivity contribution in [3.8, 4) is 5.88 Å². The fourth-order valence-corrected chi connectivity index (χ4v) is 6.31. The van der Waals surface area contributed by atoms with Crippen molar-refractivity contribution in [2.24, 2.45) is 23.7 Å². The SMILES string of the molecule is COc1cc(C(=O)N2C[C@@H]3C[C@H](C2)[C@@H]2CCCC(=O)N[C@H](C(C)C)CC[C@@H](C)CC(=O)N2C3)ccn1. The number of amides is 3.